The van der Waals surface area contributed by atoms with Crippen molar-refractivity contribution >= 4 is 21.8 Å². The fourth-order valence-corrected chi connectivity index (χ4v) is 3.14. The number of benzene rings is 2. The van der Waals surface area contributed by atoms with E-state index in [0.717, 1.165) is 22.0 Å². The highest BCUT2D eigenvalue weighted by atomic mass is 16.5. The van der Waals surface area contributed by atoms with Crippen molar-refractivity contribution in [3.05, 3.63) is 60.4 Å². The molecule has 4 aromatic rings. The van der Waals surface area contributed by atoms with E-state index in [4.69, 9.17) is 19.3 Å². The van der Waals surface area contributed by atoms with Crippen molar-refractivity contribution < 1.29 is 24.4 Å². The third-order valence-electron chi connectivity index (χ3n) is 4.72. The van der Waals surface area contributed by atoms with Crippen molar-refractivity contribution in [3.63, 3.8) is 0 Å². The van der Waals surface area contributed by atoms with Gasteiger partial charge in [-0.1, -0.05) is 18.2 Å². The van der Waals surface area contributed by atoms with E-state index in [1.165, 1.54) is 7.11 Å². The van der Waals surface area contributed by atoms with E-state index in [9.17, 15) is 5.11 Å². The second-order valence-corrected chi connectivity index (χ2v) is 6.84. The lowest BCUT2D eigenvalue weighted by molar-refractivity contribution is 0.0528. The number of para-hydroxylation sites is 1. The highest BCUT2D eigenvalue weighted by Crippen LogP contribution is 2.38. The van der Waals surface area contributed by atoms with Gasteiger partial charge in [0.1, 0.15) is 24.2 Å². The molecule has 4 rings (SSSR count). The van der Waals surface area contributed by atoms with Crippen LogP contribution < -0.4 is 14.2 Å². The molecule has 0 radical (unpaired) electrons. The molecule has 0 unspecified atom stereocenters. The van der Waals surface area contributed by atoms with Gasteiger partial charge in [-0.05, 0) is 31.2 Å². The minimum Gasteiger partial charge on any atom is -0.493 e. The van der Waals surface area contributed by atoms with Gasteiger partial charge in [0.2, 0.25) is 0 Å². The van der Waals surface area contributed by atoms with Crippen LogP contribution in [0.15, 0.2) is 54.7 Å². The average Bonchev–Trinajstić information content (AvgIpc) is 2.77. The molecule has 2 aromatic heterocycles. The molecule has 7 heteroatoms. The zero-order chi connectivity index (χ0) is 21.1. The van der Waals surface area contributed by atoms with Gasteiger partial charge in [-0.2, -0.15) is 0 Å². The van der Waals surface area contributed by atoms with E-state index in [-0.39, 0.29) is 13.2 Å². The molecule has 154 valence electrons. The van der Waals surface area contributed by atoms with E-state index in [0.29, 0.717) is 28.5 Å². The first-order valence-electron chi connectivity index (χ1n) is 9.51. The number of aromatic nitrogens is 2. The molecule has 0 spiro atoms. The number of pyridine rings is 2. The summed E-state index contributed by atoms with van der Waals surface area (Å²) < 4.78 is 17.2. The Balaban J connectivity index is 1.72. The molecule has 0 aliphatic carbocycles. The zero-order valence-corrected chi connectivity index (χ0v) is 16.7. The summed E-state index contributed by atoms with van der Waals surface area (Å²) in [6.07, 6.45) is 0.678. The summed E-state index contributed by atoms with van der Waals surface area (Å²) in [7, 11) is 1.53. The third-order valence-corrected chi connectivity index (χ3v) is 4.72. The maximum Gasteiger partial charge on any atom is 0.163 e. The minimum absolute atomic E-state index is 0.0590. The lowest BCUT2D eigenvalue weighted by atomic mass is 10.1. The van der Waals surface area contributed by atoms with Crippen molar-refractivity contribution in [2.45, 2.75) is 13.0 Å². The van der Waals surface area contributed by atoms with E-state index in [1.54, 1.807) is 24.4 Å². The highest BCUT2D eigenvalue weighted by molar-refractivity contribution is 5.88. The van der Waals surface area contributed by atoms with Gasteiger partial charge in [0.25, 0.3) is 0 Å². The van der Waals surface area contributed by atoms with E-state index >= 15 is 0 Å². The standard InChI is InChI=1S/C23H22N2O5/c1-14-21(9-15-5-3-4-6-18(15)25-14)30-20-7-8-24-19-11-23(29-13-16(27)12-26)22(28-2)10-17(19)20/h3-11,16,26-27H,12-13H2,1-2H3/t16-/m1/s1. The third kappa shape index (κ3) is 3.98. The molecule has 2 heterocycles. The topological polar surface area (TPSA) is 93.9 Å². The number of ether oxygens (including phenoxy) is 3. The molecule has 0 fully saturated rings. The van der Waals surface area contributed by atoms with Crippen LogP contribution in [0.5, 0.6) is 23.0 Å². The van der Waals surface area contributed by atoms with E-state index in [2.05, 4.69) is 9.97 Å². The lowest BCUT2D eigenvalue weighted by Crippen LogP contribution is -2.21. The van der Waals surface area contributed by atoms with Crippen LogP contribution in [0.2, 0.25) is 0 Å². The molecule has 2 N–H and O–H groups in total. The quantitative estimate of drug-likeness (QED) is 0.484. The normalized spacial score (nSPS) is 12.1. The van der Waals surface area contributed by atoms with E-state index < -0.39 is 6.10 Å². The summed E-state index contributed by atoms with van der Waals surface area (Å²) in [4.78, 5) is 9.02. The highest BCUT2D eigenvalue weighted by Gasteiger charge is 2.14. The Morgan fingerprint density at radius 3 is 2.60 bits per heavy atom. The van der Waals surface area contributed by atoms with Gasteiger partial charge in [0.15, 0.2) is 11.5 Å². The average molecular weight is 406 g/mol. The Morgan fingerprint density at radius 2 is 1.80 bits per heavy atom. The smallest absolute Gasteiger partial charge is 0.163 e. The van der Waals surface area contributed by atoms with Crippen LogP contribution in [0, 0.1) is 6.92 Å². The number of aryl methyl sites for hydroxylation is 1. The largest absolute Gasteiger partial charge is 0.493 e. The fourth-order valence-electron chi connectivity index (χ4n) is 3.14. The zero-order valence-electron chi connectivity index (χ0n) is 16.7. The van der Waals surface area contributed by atoms with Gasteiger partial charge >= 0.3 is 0 Å². The van der Waals surface area contributed by atoms with Crippen LogP contribution in [0.4, 0.5) is 0 Å². The predicted molar refractivity (Wildman–Crippen MR) is 113 cm³/mol. The molecule has 1 atom stereocenters. The van der Waals surface area contributed by atoms with Crippen LogP contribution in [0.3, 0.4) is 0 Å². The maximum absolute atomic E-state index is 9.55. The molecule has 0 saturated heterocycles. The Morgan fingerprint density at radius 1 is 0.967 bits per heavy atom. The number of hydrogen-bond donors (Lipinski definition) is 2. The van der Waals surface area contributed by atoms with Crippen molar-refractivity contribution in [1.29, 1.82) is 0 Å². The molecule has 0 aliphatic heterocycles. The van der Waals surface area contributed by atoms with Crippen LogP contribution in [-0.4, -0.2) is 46.6 Å². The number of aliphatic hydroxyl groups is 2. The Bertz CT molecular complexity index is 1200. The van der Waals surface area contributed by atoms with Crippen LogP contribution in [0.25, 0.3) is 21.8 Å². The second kappa shape index (κ2) is 8.52. The molecule has 0 aliphatic rings. The molecule has 0 amide bonds. The van der Waals surface area contributed by atoms with Crippen molar-refractivity contribution in [1.82, 2.24) is 9.97 Å². The number of nitrogens with zero attached hydrogens (tertiary/aromatic N) is 2. The molecule has 30 heavy (non-hydrogen) atoms. The summed E-state index contributed by atoms with van der Waals surface area (Å²) in [5, 5.41) is 20.3. The van der Waals surface area contributed by atoms with Gasteiger partial charge in [-0.15, -0.1) is 0 Å². The number of rotatable bonds is 7. The van der Waals surface area contributed by atoms with Gasteiger partial charge in [0, 0.05) is 23.0 Å². The SMILES string of the molecule is COc1cc2c(Oc3cc4ccccc4nc3C)ccnc2cc1OC[C@H](O)CO. The minimum atomic E-state index is -0.976. The molecular formula is C23H22N2O5. The summed E-state index contributed by atoms with van der Waals surface area (Å²) in [6, 6.07) is 15.1. The van der Waals surface area contributed by atoms with E-state index in [1.807, 2.05) is 37.3 Å². The van der Waals surface area contributed by atoms with Gasteiger partial charge in [-0.25, -0.2) is 4.98 Å². The Labute approximate surface area is 173 Å². The molecule has 7 nitrogen and oxygen atoms in total. The summed E-state index contributed by atoms with van der Waals surface area (Å²) in [5.41, 5.74) is 2.34. The van der Waals surface area contributed by atoms with Crippen molar-refractivity contribution in [3.8, 4) is 23.0 Å². The second-order valence-electron chi connectivity index (χ2n) is 6.84. The molecule has 2 aromatic carbocycles. The Kier molecular flexibility index (Phi) is 5.65. The fraction of sp³-hybridized carbons (Fsp3) is 0.217. The molecule has 0 bridgehead atoms. The van der Waals surface area contributed by atoms with Crippen LogP contribution in [0.1, 0.15) is 5.69 Å². The first-order valence-corrected chi connectivity index (χ1v) is 9.51. The monoisotopic (exact) mass is 406 g/mol. The number of aliphatic hydroxyl groups excluding tert-OH is 2. The lowest BCUT2D eigenvalue weighted by Gasteiger charge is -2.15. The summed E-state index contributed by atoms with van der Waals surface area (Å²) >= 11 is 0. The van der Waals surface area contributed by atoms with Crippen molar-refractivity contribution in [2.24, 2.45) is 0 Å². The number of methoxy groups -OCH3 is 1. The van der Waals surface area contributed by atoms with Crippen LogP contribution >= 0.6 is 0 Å². The predicted octanol–water partition coefficient (Wildman–Crippen LogP) is 3.62. The number of fused-ring (bicyclic) bond motifs is 2. The van der Waals surface area contributed by atoms with Gasteiger partial charge in [-0.3, -0.25) is 4.98 Å². The van der Waals surface area contributed by atoms with Crippen LogP contribution in [-0.2, 0) is 0 Å². The maximum atomic E-state index is 9.55. The molecule has 0 saturated carbocycles. The summed E-state index contributed by atoms with van der Waals surface area (Å²) in [6.45, 7) is 1.46. The van der Waals surface area contributed by atoms with Crippen molar-refractivity contribution in [2.75, 3.05) is 20.3 Å². The van der Waals surface area contributed by atoms with Gasteiger partial charge in [0.05, 0.1) is 30.4 Å². The number of hydrogen-bond acceptors (Lipinski definition) is 7. The molecular weight excluding hydrogens is 384 g/mol. The summed E-state index contributed by atoms with van der Waals surface area (Å²) in [5.74, 6) is 2.16. The first kappa shape index (κ1) is 19.9. The van der Waals surface area contributed by atoms with Gasteiger partial charge < -0.3 is 24.4 Å². The Hall–Kier alpha value is -3.42. The first-order chi connectivity index (χ1) is 14.6.